The van der Waals surface area contributed by atoms with Gasteiger partial charge in [0.1, 0.15) is 0 Å². The van der Waals surface area contributed by atoms with Gasteiger partial charge >= 0.3 is 26.2 Å². The van der Waals surface area contributed by atoms with Crippen LogP contribution in [-0.2, 0) is 26.2 Å². The number of hydrogen-bond acceptors (Lipinski definition) is 0. The normalized spacial score (nSPS) is 24.3. The fourth-order valence-electron chi connectivity index (χ4n) is 5.14. The fourth-order valence-corrected chi connectivity index (χ4v) is 5.14. The maximum absolute atomic E-state index is 2.45. The van der Waals surface area contributed by atoms with Gasteiger partial charge in [0, 0.05) is 9.52 Å². The van der Waals surface area contributed by atoms with E-state index in [0.717, 1.165) is 21.4 Å². The summed E-state index contributed by atoms with van der Waals surface area (Å²) in [4.78, 5) is 0. The molecule has 4 unspecified atom stereocenters. The first-order valence-electron chi connectivity index (χ1n) is 11.1. The summed E-state index contributed by atoms with van der Waals surface area (Å²) in [7, 11) is 1.08. The molecular formula is C28H32Cl2SiZr. The maximum Gasteiger partial charge on any atom is 4.00 e. The first kappa shape index (κ1) is 29.4. The van der Waals surface area contributed by atoms with E-state index in [0.29, 0.717) is 11.8 Å². The topological polar surface area (TPSA) is 0 Å². The number of hydrogen-bond donors (Lipinski definition) is 0. The Morgan fingerprint density at radius 1 is 0.688 bits per heavy atom. The average Bonchev–Trinajstić information content (AvgIpc) is 3.33. The fraction of sp³-hybridized carbons (Fsp3) is 0.357. The van der Waals surface area contributed by atoms with Crippen molar-refractivity contribution in [1.29, 1.82) is 0 Å². The summed E-state index contributed by atoms with van der Waals surface area (Å²) >= 11 is 0. The largest absolute Gasteiger partial charge is 4.00 e. The molecule has 2 aromatic rings. The van der Waals surface area contributed by atoms with Crippen molar-refractivity contribution in [3.8, 4) is 0 Å². The Bertz CT molecular complexity index is 808. The summed E-state index contributed by atoms with van der Waals surface area (Å²) in [5, 5.41) is 0. The van der Waals surface area contributed by atoms with Crippen LogP contribution in [-0.4, -0.2) is 9.52 Å². The molecule has 32 heavy (non-hydrogen) atoms. The number of benzene rings is 2. The zero-order valence-corrected chi connectivity index (χ0v) is 23.9. The van der Waals surface area contributed by atoms with E-state index in [4.69, 9.17) is 0 Å². The van der Waals surface area contributed by atoms with Crippen LogP contribution in [0.15, 0.2) is 72.8 Å². The molecule has 4 aliphatic carbocycles. The Kier molecular flexibility index (Phi) is 13.4. The van der Waals surface area contributed by atoms with E-state index in [2.05, 4.69) is 98.8 Å². The molecular weight excluding hydrogens is 527 g/mol. The molecule has 166 valence electrons. The SMILES string of the molecule is C1=CC2c3ccccc3[CH-]C2CC1.C1=CC2c3ccccc3[CH-]C2CC1.C[Si]C.[Cl-].[Cl-].[Zr+4]. The number of halogens is 2. The van der Waals surface area contributed by atoms with Gasteiger partial charge in [-0.05, 0) is 24.7 Å². The van der Waals surface area contributed by atoms with Gasteiger partial charge in [-0.15, -0.1) is 35.4 Å². The summed E-state index contributed by atoms with van der Waals surface area (Å²) in [6.07, 6.45) is 19.5. The van der Waals surface area contributed by atoms with Crippen molar-refractivity contribution >= 4 is 9.52 Å². The molecule has 4 heteroatoms. The van der Waals surface area contributed by atoms with Crippen LogP contribution in [0.4, 0.5) is 0 Å². The zero-order valence-electron chi connectivity index (χ0n) is 19.0. The van der Waals surface area contributed by atoms with Crippen molar-refractivity contribution in [2.45, 2.75) is 50.6 Å². The molecule has 0 heterocycles. The summed E-state index contributed by atoms with van der Waals surface area (Å²) in [5.41, 5.74) is 5.99. The van der Waals surface area contributed by atoms with Gasteiger partial charge in [-0.3, -0.25) is 0 Å². The summed E-state index contributed by atoms with van der Waals surface area (Å²) < 4.78 is 0. The van der Waals surface area contributed by atoms with Crippen molar-refractivity contribution < 1.29 is 51.0 Å². The van der Waals surface area contributed by atoms with Crippen molar-refractivity contribution in [2.75, 3.05) is 0 Å². The summed E-state index contributed by atoms with van der Waals surface area (Å²) in [6.45, 7) is 4.31. The van der Waals surface area contributed by atoms with Crippen LogP contribution in [0.25, 0.3) is 0 Å². The molecule has 4 atom stereocenters. The molecule has 2 radical (unpaired) electrons. The van der Waals surface area contributed by atoms with Gasteiger partial charge in [0.15, 0.2) is 0 Å². The minimum Gasteiger partial charge on any atom is -1.00 e. The van der Waals surface area contributed by atoms with Crippen molar-refractivity contribution in [2.24, 2.45) is 11.8 Å². The van der Waals surface area contributed by atoms with E-state index in [-0.39, 0.29) is 51.0 Å². The van der Waals surface area contributed by atoms with E-state index in [1.54, 1.807) is 0 Å². The molecule has 2 aromatic carbocycles. The van der Waals surface area contributed by atoms with Crippen LogP contribution >= 0.6 is 0 Å². The predicted molar refractivity (Wildman–Crippen MR) is 126 cm³/mol. The molecule has 0 fully saturated rings. The van der Waals surface area contributed by atoms with Gasteiger partial charge in [0.25, 0.3) is 0 Å². The Hall–Kier alpha value is -0.660. The van der Waals surface area contributed by atoms with Gasteiger partial charge in [-0.2, -0.15) is 36.1 Å². The van der Waals surface area contributed by atoms with Crippen LogP contribution in [0.3, 0.4) is 0 Å². The van der Waals surface area contributed by atoms with Gasteiger partial charge in [-0.1, -0.05) is 74.2 Å². The zero-order chi connectivity index (χ0) is 20.1. The van der Waals surface area contributed by atoms with E-state index < -0.39 is 0 Å². The van der Waals surface area contributed by atoms with Crippen LogP contribution < -0.4 is 24.8 Å². The molecule has 0 spiro atoms. The van der Waals surface area contributed by atoms with E-state index >= 15 is 0 Å². The number of rotatable bonds is 0. The first-order valence-corrected chi connectivity index (χ1v) is 13.1. The van der Waals surface area contributed by atoms with Crippen molar-refractivity contribution in [3.05, 3.63) is 108 Å². The molecule has 0 aromatic heterocycles. The third kappa shape index (κ3) is 6.69. The Balaban J connectivity index is 0.000000264. The van der Waals surface area contributed by atoms with Crippen LogP contribution in [0.2, 0.25) is 13.1 Å². The first-order chi connectivity index (χ1) is 14.3. The molecule has 4 aliphatic rings. The van der Waals surface area contributed by atoms with Gasteiger partial charge in [0.05, 0.1) is 0 Å². The van der Waals surface area contributed by atoms with Crippen molar-refractivity contribution in [3.63, 3.8) is 0 Å². The van der Waals surface area contributed by atoms with Crippen LogP contribution in [0.5, 0.6) is 0 Å². The number of allylic oxidation sites excluding steroid dienone is 4. The second-order valence-electron chi connectivity index (χ2n) is 8.48. The summed E-state index contributed by atoms with van der Waals surface area (Å²) in [5.74, 6) is 2.93. The van der Waals surface area contributed by atoms with Crippen LogP contribution in [0, 0.1) is 24.7 Å². The molecule has 0 nitrogen and oxygen atoms in total. The van der Waals surface area contributed by atoms with E-state index in [1.807, 2.05) is 0 Å². The minimum absolute atomic E-state index is 0. The average molecular weight is 559 g/mol. The molecule has 0 aliphatic heterocycles. The van der Waals surface area contributed by atoms with Gasteiger partial charge < -0.3 is 24.8 Å². The molecule has 0 N–H and O–H groups in total. The Morgan fingerprint density at radius 2 is 1.06 bits per heavy atom. The molecule has 0 amide bonds. The monoisotopic (exact) mass is 556 g/mol. The molecule has 0 bridgehead atoms. The van der Waals surface area contributed by atoms with Crippen LogP contribution in [0.1, 0.15) is 59.8 Å². The van der Waals surface area contributed by atoms with Gasteiger partial charge in [0.2, 0.25) is 0 Å². The maximum atomic E-state index is 2.45. The molecule has 6 rings (SSSR count). The predicted octanol–water partition coefficient (Wildman–Crippen LogP) is 1.40. The third-order valence-electron chi connectivity index (χ3n) is 6.44. The van der Waals surface area contributed by atoms with E-state index in [9.17, 15) is 0 Å². The smallest absolute Gasteiger partial charge is 1.00 e. The minimum atomic E-state index is 0. The standard InChI is InChI=1S/2C13H13.C2H6Si.2ClH.Zr/c2*1-3-7-12-10(5-1)9-11-6-2-4-8-13(11)12;1-3-2;;;/h2*1,3-5,7-9,11,13H,2,6H2;1-2H3;2*1H;/q2*-1;;;;+4/p-2. The van der Waals surface area contributed by atoms with Crippen molar-refractivity contribution in [1.82, 2.24) is 0 Å². The Labute approximate surface area is 229 Å². The third-order valence-corrected chi connectivity index (χ3v) is 6.44. The summed E-state index contributed by atoms with van der Waals surface area (Å²) in [6, 6.07) is 17.6. The second-order valence-corrected chi connectivity index (χ2v) is 9.48. The number of fused-ring (bicyclic) bond motifs is 6. The second kappa shape index (κ2) is 14.6. The Morgan fingerprint density at radius 3 is 1.47 bits per heavy atom. The van der Waals surface area contributed by atoms with E-state index in [1.165, 1.54) is 47.9 Å². The quantitative estimate of drug-likeness (QED) is 0.261. The molecule has 0 saturated carbocycles. The molecule has 0 saturated heterocycles. The van der Waals surface area contributed by atoms with Gasteiger partial charge in [-0.25, -0.2) is 0 Å².